The zero-order valence-electron chi connectivity index (χ0n) is 28.8. The summed E-state index contributed by atoms with van der Waals surface area (Å²) in [6, 6.07) is 34.1. The van der Waals surface area contributed by atoms with Gasteiger partial charge in [0.2, 0.25) is 0 Å². The third-order valence-corrected chi connectivity index (χ3v) is 7.90. The van der Waals surface area contributed by atoms with Crippen molar-refractivity contribution in [1.82, 2.24) is 0 Å². The van der Waals surface area contributed by atoms with Gasteiger partial charge < -0.3 is 19.5 Å². The lowest BCUT2D eigenvalue weighted by atomic mass is 10.1. The predicted octanol–water partition coefficient (Wildman–Crippen LogP) is 11.5. The van der Waals surface area contributed by atoms with Gasteiger partial charge in [0.15, 0.2) is 6.29 Å². The van der Waals surface area contributed by atoms with Crippen LogP contribution in [0.4, 0.5) is 39.8 Å². The Morgan fingerprint density at radius 3 is 1.65 bits per heavy atom. The largest absolute Gasteiger partial charge is 0.465 e. The van der Waals surface area contributed by atoms with E-state index in [2.05, 4.69) is 68.1 Å². The molecule has 11 nitrogen and oxygen atoms in total. The van der Waals surface area contributed by atoms with Crippen LogP contribution in [0.25, 0.3) is 10.8 Å². The van der Waals surface area contributed by atoms with Crippen molar-refractivity contribution in [3.63, 3.8) is 0 Å². The normalized spacial score (nSPS) is 12.1. The second kappa shape index (κ2) is 18.6. The van der Waals surface area contributed by atoms with Crippen LogP contribution in [-0.2, 0) is 9.53 Å². The highest BCUT2D eigenvalue weighted by atomic mass is 16.6. The molecule has 5 aromatic carbocycles. The fraction of sp³-hybridized carbons (Fsp3) is 0.225. The number of aliphatic hydroxyl groups is 1. The summed E-state index contributed by atoms with van der Waals surface area (Å²) in [7, 11) is 0. The summed E-state index contributed by atoms with van der Waals surface area (Å²) in [5.41, 5.74) is 5.40. The van der Waals surface area contributed by atoms with E-state index in [1.807, 2.05) is 72.8 Å². The van der Waals surface area contributed by atoms with Crippen molar-refractivity contribution >= 4 is 56.6 Å². The molecule has 0 fully saturated rings. The standard InChI is InChI=1S/C40H41N7O4/c1-4-39(48)50-28-10-9-13-40(49)51-34-24-20-32(21-25-34)42-41-29-14-16-30(17-15-29)43-45-37-26-27-38(36-12-8-7-11-35(36)37)46-44-31-18-22-33(23-19-31)47(5-2)6-3/h4,7-8,11-12,14-27,40,49H,1,5-6,9-10,13,28H2,2-3H3/b42-41+,45-43+,46-44+. The minimum absolute atomic E-state index is 0.277. The van der Waals surface area contributed by atoms with Crippen LogP contribution in [0.2, 0.25) is 0 Å². The predicted molar refractivity (Wildman–Crippen MR) is 201 cm³/mol. The van der Waals surface area contributed by atoms with Crippen LogP contribution in [0.3, 0.4) is 0 Å². The Bertz CT molecular complexity index is 1970. The molecule has 5 rings (SSSR count). The Kier molecular flexibility index (Phi) is 13.2. The van der Waals surface area contributed by atoms with Gasteiger partial charge in [-0.15, -0.1) is 10.2 Å². The summed E-state index contributed by atoms with van der Waals surface area (Å²) < 4.78 is 10.5. The van der Waals surface area contributed by atoms with Crippen LogP contribution < -0.4 is 9.64 Å². The highest BCUT2D eigenvalue weighted by Gasteiger charge is 2.08. The van der Waals surface area contributed by atoms with Crippen LogP contribution in [0.5, 0.6) is 5.75 Å². The number of carbonyl (C=O) groups excluding carboxylic acids is 1. The molecule has 0 saturated heterocycles. The van der Waals surface area contributed by atoms with Gasteiger partial charge in [-0.2, -0.15) is 20.5 Å². The molecule has 5 aromatic rings. The van der Waals surface area contributed by atoms with Gasteiger partial charge >= 0.3 is 5.97 Å². The van der Waals surface area contributed by atoms with E-state index < -0.39 is 12.3 Å². The van der Waals surface area contributed by atoms with Crippen molar-refractivity contribution in [2.45, 2.75) is 39.4 Å². The van der Waals surface area contributed by atoms with E-state index in [9.17, 15) is 9.90 Å². The summed E-state index contributed by atoms with van der Waals surface area (Å²) in [4.78, 5) is 13.3. The van der Waals surface area contributed by atoms with Crippen molar-refractivity contribution in [2.75, 3.05) is 24.6 Å². The molecular formula is C40H41N7O4. The number of aliphatic hydroxyl groups excluding tert-OH is 1. The Morgan fingerprint density at radius 2 is 1.16 bits per heavy atom. The number of benzene rings is 5. The molecule has 0 spiro atoms. The molecule has 0 bridgehead atoms. The molecule has 0 aliphatic carbocycles. The number of carbonyl (C=O) groups is 1. The Hall–Kier alpha value is -6.07. The number of hydrogen-bond donors (Lipinski definition) is 1. The first kappa shape index (κ1) is 36.2. The molecule has 0 aliphatic heterocycles. The highest BCUT2D eigenvalue weighted by molar-refractivity contribution is 5.99. The molecule has 0 amide bonds. The second-order valence-corrected chi connectivity index (χ2v) is 11.4. The van der Waals surface area contributed by atoms with Gasteiger partial charge in [-0.3, -0.25) is 0 Å². The zero-order valence-corrected chi connectivity index (χ0v) is 28.8. The maximum absolute atomic E-state index is 11.1. The lowest BCUT2D eigenvalue weighted by molar-refractivity contribution is -0.137. The third kappa shape index (κ3) is 10.7. The van der Waals surface area contributed by atoms with E-state index in [1.165, 1.54) is 5.69 Å². The SMILES string of the molecule is C=CC(=O)OCCCCC(O)Oc1ccc(/N=N/c2ccc(/N=N/c3ccc(/N=N/c4ccc(N(CC)CC)cc4)c4ccccc34)cc2)cc1. The number of esters is 1. The van der Waals surface area contributed by atoms with E-state index in [4.69, 9.17) is 9.47 Å². The molecule has 11 heteroatoms. The van der Waals surface area contributed by atoms with Gasteiger partial charge in [-0.25, -0.2) is 4.79 Å². The van der Waals surface area contributed by atoms with Crippen molar-refractivity contribution in [1.29, 1.82) is 0 Å². The van der Waals surface area contributed by atoms with Crippen LogP contribution in [-0.4, -0.2) is 37.1 Å². The number of anilines is 1. The van der Waals surface area contributed by atoms with Crippen LogP contribution in [0.1, 0.15) is 33.1 Å². The van der Waals surface area contributed by atoms with Gasteiger partial charge in [-0.1, -0.05) is 30.8 Å². The molecule has 0 heterocycles. The molecular weight excluding hydrogens is 642 g/mol. The molecule has 0 aliphatic rings. The fourth-order valence-corrected chi connectivity index (χ4v) is 5.15. The summed E-state index contributed by atoms with van der Waals surface area (Å²) in [6.07, 6.45) is 1.83. The van der Waals surface area contributed by atoms with Crippen LogP contribution in [0, 0.1) is 0 Å². The van der Waals surface area contributed by atoms with Gasteiger partial charge in [0.05, 0.1) is 40.7 Å². The van der Waals surface area contributed by atoms with Crippen LogP contribution >= 0.6 is 0 Å². The molecule has 0 radical (unpaired) electrons. The van der Waals surface area contributed by atoms with Crippen molar-refractivity contribution in [3.8, 4) is 5.75 Å². The molecule has 260 valence electrons. The maximum atomic E-state index is 11.1. The van der Waals surface area contributed by atoms with Gasteiger partial charge in [-0.05, 0) is 112 Å². The Labute approximate surface area is 297 Å². The van der Waals surface area contributed by atoms with Gasteiger partial charge in [0.25, 0.3) is 0 Å². The van der Waals surface area contributed by atoms with E-state index in [0.29, 0.717) is 42.1 Å². The lowest BCUT2D eigenvalue weighted by Crippen LogP contribution is -2.21. The van der Waals surface area contributed by atoms with Crippen molar-refractivity contribution in [3.05, 3.63) is 122 Å². The van der Waals surface area contributed by atoms with E-state index in [1.54, 1.807) is 24.3 Å². The first-order valence-electron chi connectivity index (χ1n) is 16.9. The number of fused-ring (bicyclic) bond motifs is 1. The average molecular weight is 684 g/mol. The molecule has 0 aromatic heterocycles. The molecule has 1 N–H and O–H groups in total. The van der Waals surface area contributed by atoms with Crippen molar-refractivity contribution < 1.29 is 19.4 Å². The number of azo groups is 3. The van der Waals surface area contributed by atoms with E-state index in [0.717, 1.165) is 47.0 Å². The number of rotatable bonds is 17. The smallest absolute Gasteiger partial charge is 0.330 e. The summed E-state index contributed by atoms with van der Waals surface area (Å²) in [5, 5.41) is 38.6. The van der Waals surface area contributed by atoms with Gasteiger partial charge in [0.1, 0.15) is 5.75 Å². The lowest BCUT2D eigenvalue weighted by Gasteiger charge is -2.20. The Balaban J connectivity index is 1.15. The average Bonchev–Trinajstić information content (AvgIpc) is 3.17. The minimum atomic E-state index is -0.968. The fourth-order valence-electron chi connectivity index (χ4n) is 5.15. The number of nitrogens with zero attached hydrogens (tertiary/aromatic N) is 7. The summed E-state index contributed by atoms with van der Waals surface area (Å²) >= 11 is 0. The molecule has 1 unspecified atom stereocenters. The molecule has 0 saturated carbocycles. The number of ether oxygens (including phenoxy) is 2. The zero-order chi connectivity index (χ0) is 35.8. The maximum Gasteiger partial charge on any atom is 0.330 e. The summed E-state index contributed by atoms with van der Waals surface area (Å²) in [6.45, 7) is 9.83. The first-order chi connectivity index (χ1) is 24.9. The van der Waals surface area contributed by atoms with E-state index in [-0.39, 0.29) is 6.61 Å². The molecule has 51 heavy (non-hydrogen) atoms. The van der Waals surface area contributed by atoms with Gasteiger partial charge in [0, 0.05) is 42.0 Å². The third-order valence-electron chi connectivity index (χ3n) is 7.90. The van der Waals surface area contributed by atoms with Crippen molar-refractivity contribution in [2.24, 2.45) is 30.7 Å². The first-order valence-corrected chi connectivity index (χ1v) is 16.9. The second-order valence-electron chi connectivity index (χ2n) is 11.4. The summed E-state index contributed by atoms with van der Waals surface area (Å²) in [5.74, 6) is 0.0572. The number of unbranched alkanes of at least 4 members (excludes halogenated alkanes) is 1. The van der Waals surface area contributed by atoms with E-state index >= 15 is 0 Å². The highest BCUT2D eigenvalue weighted by Crippen LogP contribution is 2.35. The quantitative estimate of drug-likeness (QED) is 0.0342. The topological polar surface area (TPSA) is 133 Å². The Morgan fingerprint density at radius 1 is 0.686 bits per heavy atom. The minimum Gasteiger partial charge on any atom is -0.465 e. The van der Waals surface area contributed by atoms with Crippen LogP contribution in [0.15, 0.2) is 153 Å². The monoisotopic (exact) mass is 683 g/mol. The molecule has 1 atom stereocenters. The number of hydrogen-bond acceptors (Lipinski definition) is 11.